The van der Waals surface area contributed by atoms with Crippen LogP contribution in [-0.2, 0) is 4.79 Å². The van der Waals surface area contributed by atoms with Crippen LogP contribution in [0.1, 0.15) is 11.6 Å². The molecular formula is C14H10BrCl2NO2. The number of anilines is 1. The highest BCUT2D eigenvalue weighted by atomic mass is 79.9. The quantitative estimate of drug-likeness (QED) is 0.792. The summed E-state index contributed by atoms with van der Waals surface area (Å²) in [7, 11) is 0. The summed E-state index contributed by atoms with van der Waals surface area (Å²) in [5.41, 5.74) is 1.27. The summed E-state index contributed by atoms with van der Waals surface area (Å²) in [4.78, 5) is 11.4. The van der Waals surface area contributed by atoms with Crippen LogP contribution in [0.2, 0.25) is 10.0 Å². The zero-order valence-electron chi connectivity index (χ0n) is 10.1. The van der Waals surface area contributed by atoms with Crippen molar-refractivity contribution in [3.8, 4) is 0 Å². The van der Waals surface area contributed by atoms with Gasteiger partial charge in [0.2, 0.25) is 0 Å². The second-order valence-corrected chi connectivity index (χ2v) is 5.79. The summed E-state index contributed by atoms with van der Waals surface area (Å²) in [6.07, 6.45) is 0. The third-order valence-electron chi connectivity index (χ3n) is 2.68. The third kappa shape index (κ3) is 3.66. The molecule has 0 aliphatic carbocycles. The van der Waals surface area contributed by atoms with Crippen molar-refractivity contribution in [2.24, 2.45) is 0 Å². The minimum atomic E-state index is -0.974. The molecule has 2 rings (SSSR count). The topological polar surface area (TPSA) is 49.3 Å². The van der Waals surface area contributed by atoms with E-state index in [0.717, 1.165) is 0 Å². The first-order chi connectivity index (χ1) is 9.47. The molecule has 0 aromatic heterocycles. The Hall–Kier alpha value is -1.23. The van der Waals surface area contributed by atoms with E-state index in [4.69, 9.17) is 23.2 Å². The molecule has 0 saturated heterocycles. The van der Waals surface area contributed by atoms with Gasteiger partial charge in [-0.3, -0.25) is 0 Å². The van der Waals surface area contributed by atoms with Gasteiger partial charge in [0.15, 0.2) is 6.04 Å². The first-order valence-electron chi connectivity index (χ1n) is 5.67. The Labute approximate surface area is 134 Å². The average Bonchev–Trinajstić information content (AvgIpc) is 2.41. The summed E-state index contributed by atoms with van der Waals surface area (Å²) < 4.78 is 0.699. The van der Waals surface area contributed by atoms with Gasteiger partial charge in [0, 0.05) is 15.2 Å². The normalized spacial score (nSPS) is 11.9. The van der Waals surface area contributed by atoms with Gasteiger partial charge in [-0.15, -0.1) is 0 Å². The van der Waals surface area contributed by atoms with Crippen LogP contribution in [0.5, 0.6) is 0 Å². The van der Waals surface area contributed by atoms with Crippen molar-refractivity contribution in [1.82, 2.24) is 0 Å². The minimum absolute atomic E-state index is 0.562. The second-order valence-electron chi connectivity index (χ2n) is 4.10. The van der Waals surface area contributed by atoms with E-state index in [2.05, 4.69) is 21.2 Å². The van der Waals surface area contributed by atoms with Gasteiger partial charge in [-0.1, -0.05) is 35.3 Å². The number of rotatable bonds is 4. The van der Waals surface area contributed by atoms with Crippen molar-refractivity contribution in [3.05, 3.63) is 62.5 Å². The van der Waals surface area contributed by atoms with Gasteiger partial charge in [0.1, 0.15) is 0 Å². The minimum Gasteiger partial charge on any atom is -0.479 e. The molecule has 0 aliphatic heterocycles. The molecule has 2 N–H and O–H groups in total. The number of carboxylic acid groups (broad SMARTS) is 1. The first-order valence-corrected chi connectivity index (χ1v) is 7.22. The molecule has 0 radical (unpaired) electrons. The van der Waals surface area contributed by atoms with Crippen LogP contribution in [0.3, 0.4) is 0 Å². The largest absolute Gasteiger partial charge is 0.479 e. The van der Waals surface area contributed by atoms with Crippen LogP contribution in [0.4, 0.5) is 5.69 Å². The first kappa shape index (κ1) is 15.2. The maximum atomic E-state index is 11.4. The van der Waals surface area contributed by atoms with Crippen LogP contribution >= 0.6 is 39.1 Å². The highest BCUT2D eigenvalue weighted by molar-refractivity contribution is 9.10. The molecule has 0 heterocycles. The molecule has 6 heteroatoms. The number of halogens is 3. The van der Waals surface area contributed by atoms with Crippen molar-refractivity contribution in [1.29, 1.82) is 0 Å². The standard InChI is InChI=1S/C14H10BrCl2NO2/c15-11-7-10(5-6-12(11)17)18-13(14(19)20)8-1-3-9(16)4-2-8/h1-7,13,18H,(H,19,20). The number of hydrogen-bond donors (Lipinski definition) is 2. The summed E-state index contributed by atoms with van der Waals surface area (Å²) in [6.45, 7) is 0. The lowest BCUT2D eigenvalue weighted by atomic mass is 10.1. The van der Waals surface area contributed by atoms with E-state index < -0.39 is 12.0 Å². The molecule has 2 aromatic rings. The zero-order valence-corrected chi connectivity index (χ0v) is 13.2. The molecule has 3 nitrogen and oxygen atoms in total. The molecule has 0 amide bonds. The Morgan fingerprint density at radius 3 is 2.35 bits per heavy atom. The molecule has 0 aliphatic rings. The second kappa shape index (κ2) is 6.48. The molecule has 104 valence electrons. The van der Waals surface area contributed by atoms with E-state index >= 15 is 0 Å². The van der Waals surface area contributed by atoms with E-state index in [-0.39, 0.29) is 0 Å². The Kier molecular flexibility index (Phi) is 4.91. The molecule has 0 spiro atoms. The van der Waals surface area contributed by atoms with Crippen molar-refractivity contribution >= 4 is 50.8 Å². The average molecular weight is 375 g/mol. The predicted molar refractivity (Wildman–Crippen MR) is 84.6 cm³/mol. The molecule has 0 saturated carbocycles. The van der Waals surface area contributed by atoms with Gasteiger partial charge in [-0.2, -0.15) is 0 Å². The number of aliphatic carboxylic acids is 1. The van der Waals surface area contributed by atoms with Crippen molar-refractivity contribution in [2.75, 3.05) is 5.32 Å². The van der Waals surface area contributed by atoms with Crippen LogP contribution < -0.4 is 5.32 Å². The van der Waals surface area contributed by atoms with Crippen LogP contribution in [-0.4, -0.2) is 11.1 Å². The van der Waals surface area contributed by atoms with E-state index in [1.165, 1.54) is 0 Å². The van der Waals surface area contributed by atoms with Gasteiger partial charge in [-0.05, 0) is 51.8 Å². The SMILES string of the molecule is O=C(O)C(Nc1ccc(Cl)c(Br)c1)c1ccc(Cl)cc1. The maximum Gasteiger partial charge on any atom is 0.330 e. The lowest BCUT2D eigenvalue weighted by molar-refractivity contribution is -0.138. The number of hydrogen-bond acceptors (Lipinski definition) is 2. The van der Waals surface area contributed by atoms with Crippen molar-refractivity contribution < 1.29 is 9.90 Å². The maximum absolute atomic E-state index is 11.4. The summed E-state index contributed by atoms with van der Waals surface area (Å²) in [5.74, 6) is -0.974. The Balaban J connectivity index is 2.27. The smallest absolute Gasteiger partial charge is 0.330 e. The van der Waals surface area contributed by atoms with Crippen molar-refractivity contribution in [2.45, 2.75) is 6.04 Å². The number of benzene rings is 2. The predicted octanol–water partition coefficient (Wildman–Crippen LogP) is 4.99. The highest BCUT2D eigenvalue weighted by Gasteiger charge is 2.19. The number of carbonyl (C=O) groups is 1. The third-order valence-corrected chi connectivity index (χ3v) is 4.15. The molecular weight excluding hydrogens is 365 g/mol. The van der Waals surface area contributed by atoms with E-state index in [9.17, 15) is 9.90 Å². The summed E-state index contributed by atoms with van der Waals surface area (Å²) in [6, 6.07) is 11.0. The Morgan fingerprint density at radius 2 is 1.80 bits per heavy atom. The van der Waals surface area contributed by atoms with Gasteiger partial charge < -0.3 is 10.4 Å². The summed E-state index contributed by atoms with van der Waals surface area (Å²) >= 11 is 15.0. The monoisotopic (exact) mass is 373 g/mol. The number of nitrogens with one attached hydrogen (secondary N) is 1. The number of carboxylic acids is 1. The van der Waals surface area contributed by atoms with Gasteiger partial charge >= 0.3 is 5.97 Å². The van der Waals surface area contributed by atoms with Crippen LogP contribution in [0, 0.1) is 0 Å². The fourth-order valence-corrected chi connectivity index (χ4v) is 2.32. The Bertz CT molecular complexity index is 632. The lowest BCUT2D eigenvalue weighted by Crippen LogP contribution is -2.20. The fraction of sp³-hybridized carbons (Fsp3) is 0.0714. The van der Waals surface area contributed by atoms with E-state index in [1.54, 1.807) is 42.5 Å². The Morgan fingerprint density at radius 1 is 1.15 bits per heavy atom. The van der Waals surface area contributed by atoms with E-state index in [1.807, 2.05) is 0 Å². The van der Waals surface area contributed by atoms with E-state index in [0.29, 0.717) is 25.8 Å². The van der Waals surface area contributed by atoms with Crippen molar-refractivity contribution in [3.63, 3.8) is 0 Å². The zero-order chi connectivity index (χ0) is 14.7. The fourth-order valence-electron chi connectivity index (χ4n) is 1.70. The molecule has 1 unspecified atom stereocenters. The van der Waals surface area contributed by atoms with Gasteiger partial charge in [0.25, 0.3) is 0 Å². The summed E-state index contributed by atoms with van der Waals surface area (Å²) in [5, 5.41) is 13.4. The molecule has 1 atom stereocenters. The molecule has 0 bridgehead atoms. The highest BCUT2D eigenvalue weighted by Crippen LogP contribution is 2.28. The van der Waals surface area contributed by atoms with Crippen LogP contribution in [0.15, 0.2) is 46.9 Å². The van der Waals surface area contributed by atoms with Gasteiger partial charge in [0.05, 0.1) is 5.02 Å². The molecule has 2 aromatic carbocycles. The lowest BCUT2D eigenvalue weighted by Gasteiger charge is -2.16. The van der Waals surface area contributed by atoms with Crippen LogP contribution in [0.25, 0.3) is 0 Å². The van der Waals surface area contributed by atoms with Gasteiger partial charge in [-0.25, -0.2) is 4.79 Å². The molecule has 0 fully saturated rings. The molecule has 20 heavy (non-hydrogen) atoms.